The van der Waals surface area contributed by atoms with Crippen molar-refractivity contribution < 1.29 is 19.5 Å². The molecule has 1 aliphatic heterocycles. The highest BCUT2D eigenvalue weighted by atomic mass is 16.4. The third-order valence-electron chi connectivity index (χ3n) is 4.63. The SMILES string of the molecule is CNC(=O)C1CCCN1C(=O)CC1(C(=O)O)CCCC1. The van der Waals surface area contributed by atoms with Crippen LogP contribution in [-0.2, 0) is 14.4 Å². The molecule has 20 heavy (non-hydrogen) atoms. The lowest BCUT2D eigenvalue weighted by Crippen LogP contribution is -2.47. The number of carbonyl (C=O) groups is 3. The summed E-state index contributed by atoms with van der Waals surface area (Å²) in [5, 5.41) is 12.0. The van der Waals surface area contributed by atoms with E-state index in [9.17, 15) is 19.5 Å². The molecule has 0 radical (unpaired) electrons. The number of nitrogens with one attached hydrogen (secondary N) is 1. The first kappa shape index (κ1) is 14.8. The topological polar surface area (TPSA) is 86.7 Å². The van der Waals surface area contributed by atoms with Gasteiger partial charge in [0.05, 0.1) is 5.41 Å². The Kier molecular flexibility index (Phi) is 4.30. The van der Waals surface area contributed by atoms with E-state index < -0.39 is 17.4 Å². The van der Waals surface area contributed by atoms with Crippen LogP contribution in [-0.4, -0.2) is 47.4 Å². The molecule has 2 aliphatic rings. The Morgan fingerprint density at radius 3 is 2.45 bits per heavy atom. The first-order valence-electron chi connectivity index (χ1n) is 7.25. The van der Waals surface area contributed by atoms with Crippen molar-refractivity contribution in [2.75, 3.05) is 13.6 Å². The molecule has 1 aliphatic carbocycles. The number of rotatable bonds is 4. The Hall–Kier alpha value is -1.59. The predicted octanol–water partition coefficient (Wildman–Crippen LogP) is 0.758. The van der Waals surface area contributed by atoms with Crippen molar-refractivity contribution in [3.63, 3.8) is 0 Å². The first-order chi connectivity index (χ1) is 9.50. The molecular weight excluding hydrogens is 260 g/mol. The average Bonchev–Trinajstić information content (AvgIpc) is 3.06. The summed E-state index contributed by atoms with van der Waals surface area (Å²) in [5.74, 6) is -1.23. The summed E-state index contributed by atoms with van der Waals surface area (Å²) in [6, 6.07) is -0.431. The van der Waals surface area contributed by atoms with E-state index in [0.717, 1.165) is 19.3 Å². The molecule has 2 rings (SSSR count). The number of carboxylic acid groups (broad SMARTS) is 1. The normalized spacial score (nSPS) is 24.6. The lowest BCUT2D eigenvalue weighted by atomic mass is 9.82. The Morgan fingerprint density at radius 2 is 1.90 bits per heavy atom. The van der Waals surface area contributed by atoms with Gasteiger partial charge in [0, 0.05) is 20.0 Å². The third-order valence-corrected chi connectivity index (χ3v) is 4.63. The van der Waals surface area contributed by atoms with Crippen LogP contribution in [0.1, 0.15) is 44.9 Å². The average molecular weight is 282 g/mol. The molecule has 0 bridgehead atoms. The molecule has 112 valence electrons. The van der Waals surface area contributed by atoms with Gasteiger partial charge in [-0.1, -0.05) is 12.8 Å². The largest absolute Gasteiger partial charge is 0.481 e. The molecule has 0 aromatic carbocycles. The second-order valence-corrected chi connectivity index (χ2v) is 5.83. The molecule has 2 fully saturated rings. The standard InChI is InChI=1S/C14H22N2O4/c1-15-12(18)10-5-4-8-16(10)11(17)9-14(13(19)20)6-2-3-7-14/h10H,2-9H2,1H3,(H,15,18)(H,19,20). The van der Waals surface area contributed by atoms with Gasteiger partial charge in [0.25, 0.3) is 0 Å². The Labute approximate surface area is 118 Å². The van der Waals surface area contributed by atoms with E-state index in [-0.39, 0.29) is 18.2 Å². The summed E-state index contributed by atoms with van der Waals surface area (Å²) < 4.78 is 0. The highest BCUT2D eigenvalue weighted by Gasteiger charge is 2.45. The van der Waals surface area contributed by atoms with Crippen LogP contribution >= 0.6 is 0 Å². The number of carbonyl (C=O) groups excluding carboxylic acids is 2. The van der Waals surface area contributed by atoms with Crippen LogP contribution in [0, 0.1) is 5.41 Å². The minimum absolute atomic E-state index is 0.0236. The number of aliphatic carboxylic acids is 1. The van der Waals surface area contributed by atoms with Crippen LogP contribution in [0.5, 0.6) is 0 Å². The summed E-state index contributed by atoms with van der Waals surface area (Å²) in [5.41, 5.74) is -0.910. The van der Waals surface area contributed by atoms with Gasteiger partial charge in [0.1, 0.15) is 6.04 Å². The van der Waals surface area contributed by atoms with E-state index in [0.29, 0.717) is 25.8 Å². The molecule has 1 atom stereocenters. The monoisotopic (exact) mass is 282 g/mol. The summed E-state index contributed by atoms with van der Waals surface area (Å²) in [7, 11) is 1.55. The maximum absolute atomic E-state index is 12.4. The quantitative estimate of drug-likeness (QED) is 0.797. The molecule has 1 saturated heterocycles. The number of hydrogen-bond donors (Lipinski definition) is 2. The summed E-state index contributed by atoms with van der Waals surface area (Å²) >= 11 is 0. The van der Waals surface area contributed by atoms with Crippen LogP contribution in [0.3, 0.4) is 0 Å². The minimum Gasteiger partial charge on any atom is -0.481 e. The van der Waals surface area contributed by atoms with E-state index in [2.05, 4.69) is 5.32 Å². The van der Waals surface area contributed by atoms with Gasteiger partial charge in [-0.05, 0) is 25.7 Å². The zero-order chi connectivity index (χ0) is 14.8. The lowest BCUT2D eigenvalue weighted by molar-refractivity contribution is -0.154. The van der Waals surface area contributed by atoms with E-state index in [1.54, 1.807) is 11.9 Å². The summed E-state index contributed by atoms with van der Waals surface area (Å²) in [4.78, 5) is 37.2. The number of likely N-dealkylation sites (N-methyl/N-ethyl adjacent to an activating group) is 1. The first-order valence-corrected chi connectivity index (χ1v) is 7.25. The highest BCUT2D eigenvalue weighted by Crippen LogP contribution is 2.42. The zero-order valence-corrected chi connectivity index (χ0v) is 11.9. The zero-order valence-electron chi connectivity index (χ0n) is 11.9. The highest BCUT2D eigenvalue weighted by molar-refractivity contribution is 5.90. The minimum atomic E-state index is -0.910. The number of likely N-dealkylation sites (tertiary alicyclic amines) is 1. The molecule has 6 heteroatoms. The third kappa shape index (κ3) is 2.64. The van der Waals surface area contributed by atoms with Crippen LogP contribution in [0.4, 0.5) is 0 Å². The van der Waals surface area contributed by atoms with Crippen molar-refractivity contribution in [1.82, 2.24) is 10.2 Å². The number of amides is 2. The van der Waals surface area contributed by atoms with Crippen LogP contribution in [0.25, 0.3) is 0 Å². The van der Waals surface area contributed by atoms with Gasteiger partial charge in [0.2, 0.25) is 11.8 Å². The van der Waals surface area contributed by atoms with E-state index in [1.165, 1.54) is 0 Å². The van der Waals surface area contributed by atoms with Crippen molar-refractivity contribution in [3.05, 3.63) is 0 Å². The molecule has 1 heterocycles. The van der Waals surface area contributed by atoms with Crippen molar-refractivity contribution in [3.8, 4) is 0 Å². The van der Waals surface area contributed by atoms with Gasteiger partial charge in [-0.3, -0.25) is 14.4 Å². The molecule has 2 amide bonds. The van der Waals surface area contributed by atoms with Crippen molar-refractivity contribution >= 4 is 17.8 Å². The second-order valence-electron chi connectivity index (χ2n) is 5.83. The van der Waals surface area contributed by atoms with Crippen molar-refractivity contribution in [1.29, 1.82) is 0 Å². The fourth-order valence-corrected chi connectivity index (χ4v) is 3.41. The second kappa shape index (κ2) is 5.81. The Bertz CT molecular complexity index is 415. The molecular formula is C14H22N2O4. The van der Waals surface area contributed by atoms with E-state index >= 15 is 0 Å². The predicted molar refractivity (Wildman–Crippen MR) is 72.0 cm³/mol. The van der Waals surface area contributed by atoms with Gasteiger partial charge in [-0.25, -0.2) is 0 Å². The molecule has 0 aromatic rings. The molecule has 6 nitrogen and oxygen atoms in total. The van der Waals surface area contributed by atoms with Gasteiger partial charge < -0.3 is 15.3 Å². The smallest absolute Gasteiger partial charge is 0.310 e. The number of nitrogens with zero attached hydrogens (tertiary/aromatic N) is 1. The van der Waals surface area contributed by atoms with Gasteiger partial charge in [-0.2, -0.15) is 0 Å². The van der Waals surface area contributed by atoms with Crippen molar-refractivity contribution in [2.45, 2.75) is 51.0 Å². The van der Waals surface area contributed by atoms with E-state index in [4.69, 9.17) is 0 Å². The maximum atomic E-state index is 12.4. The van der Waals surface area contributed by atoms with Gasteiger partial charge in [0.15, 0.2) is 0 Å². The maximum Gasteiger partial charge on any atom is 0.310 e. The van der Waals surface area contributed by atoms with Crippen LogP contribution in [0.2, 0.25) is 0 Å². The Morgan fingerprint density at radius 1 is 1.25 bits per heavy atom. The molecule has 0 spiro atoms. The molecule has 1 saturated carbocycles. The van der Waals surface area contributed by atoms with Crippen LogP contribution < -0.4 is 5.32 Å². The Balaban J connectivity index is 2.07. The number of carboxylic acids is 1. The summed E-state index contributed by atoms with van der Waals surface area (Å²) in [6.45, 7) is 0.548. The van der Waals surface area contributed by atoms with Gasteiger partial charge >= 0.3 is 5.97 Å². The molecule has 0 aromatic heterocycles. The fraction of sp³-hybridized carbons (Fsp3) is 0.786. The van der Waals surface area contributed by atoms with Crippen LogP contribution in [0.15, 0.2) is 0 Å². The fourth-order valence-electron chi connectivity index (χ4n) is 3.41. The van der Waals surface area contributed by atoms with Crippen molar-refractivity contribution in [2.24, 2.45) is 5.41 Å². The lowest BCUT2D eigenvalue weighted by Gasteiger charge is -2.29. The summed E-state index contributed by atoms with van der Waals surface area (Å²) in [6.07, 6.45) is 4.32. The van der Waals surface area contributed by atoms with E-state index in [1.807, 2.05) is 0 Å². The molecule has 1 unspecified atom stereocenters. The molecule has 2 N–H and O–H groups in total. The van der Waals surface area contributed by atoms with Gasteiger partial charge in [-0.15, -0.1) is 0 Å². The number of hydrogen-bond acceptors (Lipinski definition) is 3.